The summed E-state index contributed by atoms with van der Waals surface area (Å²) in [6.07, 6.45) is -0.206. The molecule has 3 aromatic rings. The van der Waals surface area contributed by atoms with E-state index in [-0.39, 0.29) is 37.6 Å². The van der Waals surface area contributed by atoms with Gasteiger partial charge in [-0.25, -0.2) is 14.4 Å². The Morgan fingerprint density at radius 3 is 2.38 bits per heavy atom. The maximum Gasteiger partial charge on any atom is 0.338 e. The van der Waals surface area contributed by atoms with Gasteiger partial charge in [-0.2, -0.15) is 0 Å². The van der Waals surface area contributed by atoms with Gasteiger partial charge in [-0.1, -0.05) is 32.0 Å². The van der Waals surface area contributed by atoms with Crippen LogP contribution in [0.15, 0.2) is 47.3 Å². The third kappa shape index (κ3) is 6.84. The molecule has 0 bridgehead atoms. The standard InChI is InChI=1S/C26H30N4O7/c1-16(2)14-29(15-21(27)31)22(32)13-18-11-19(24(33)36-3)12-20-23(18)30(26(35)28-20)9-10-37-25(34)17-7-5-4-6-8-17/h4-8,11-12,16H,9-10,13-15H2,1-3H3,(H2,27,31)(H,28,35). The Morgan fingerprint density at radius 2 is 1.76 bits per heavy atom. The van der Waals surface area contributed by atoms with Crippen molar-refractivity contribution in [1.82, 2.24) is 14.5 Å². The summed E-state index contributed by atoms with van der Waals surface area (Å²) in [6.45, 7) is 3.75. The SMILES string of the molecule is COC(=O)c1cc(CC(=O)N(CC(N)=O)CC(C)C)c2c(c1)[nH]c(=O)n2CCOC(=O)c1ccccc1. The third-order valence-electron chi connectivity index (χ3n) is 5.55. The number of ether oxygens (including phenoxy) is 2. The van der Waals surface area contributed by atoms with E-state index in [4.69, 9.17) is 15.2 Å². The summed E-state index contributed by atoms with van der Waals surface area (Å²) in [7, 11) is 1.23. The summed E-state index contributed by atoms with van der Waals surface area (Å²) in [5.41, 5.74) is 6.42. The molecule has 11 nitrogen and oxygen atoms in total. The first-order valence-electron chi connectivity index (χ1n) is 11.7. The lowest BCUT2D eigenvalue weighted by Crippen LogP contribution is -2.41. The van der Waals surface area contributed by atoms with E-state index in [2.05, 4.69) is 4.98 Å². The molecule has 3 N–H and O–H groups in total. The zero-order valence-electron chi connectivity index (χ0n) is 21.0. The summed E-state index contributed by atoms with van der Waals surface area (Å²) >= 11 is 0. The van der Waals surface area contributed by atoms with Gasteiger partial charge in [0.2, 0.25) is 11.8 Å². The molecule has 0 saturated carbocycles. The highest BCUT2D eigenvalue weighted by Crippen LogP contribution is 2.22. The van der Waals surface area contributed by atoms with Crippen molar-refractivity contribution in [1.29, 1.82) is 0 Å². The van der Waals surface area contributed by atoms with Gasteiger partial charge < -0.3 is 25.1 Å². The Hall–Kier alpha value is -4.41. The molecular weight excluding hydrogens is 480 g/mol. The second kappa shape index (κ2) is 12.0. The maximum absolute atomic E-state index is 13.2. The minimum Gasteiger partial charge on any atom is -0.465 e. The van der Waals surface area contributed by atoms with Crippen LogP contribution in [0.3, 0.4) is 0 Å². The van der Waals surface area contributed by atoms with Crippen molar-refractivity contribution in [3.05, 3.63) is 69.6 Å². The van der Waals surface area contributed by atoms with Gasteiger partial charge in [0.1, 0.15) is 6.61 Å². The van der Waals surface area contributed by atoms with Gasteiger partial charge in [0, 0.05) is 6.54 Å². The van der Waals surface area contributed by atoms with Crippen LogP contribution in [0.4, 0.5) is 0 Å². The highest BCUT2D eigenvalue weighted by Gasteiger charge is 2.22. The normalized spacial score (nSPS) is 10.9. The van der Waals surface area contributed by atoms with Crippen molar-refractivity contribution in [2.75, 3.05) is 26.8 Å². The van der Waals surface area contributed by atoms with Crippen molar-refractivity contribution in [3.8, 4) is 0 Å². The van der Waals surface area contributed by atoms with Gasteiger partial charge in [0.05, 0.1) is 48.8 Å². The van der Waals surface area contributed by atoms with E-state index in [1.54, 1.807) is 30.3 Å². The number of nitrogens with zero attached hydrogens (tertiary/aromatic N) is 2. The number of aromatic amines is 1. The van der Waals surface area contributed by atoms with Crippen molar-refractivity contribution in [2.45, 2.75) is 26.8 Å². The maximum atomic E-state index is 13.2. The first-order valence-corrected chi connectivity index (χ1v) is 11.7. The van der Waals surface area contributed by atoms with Crippen LogP contribution in [-0.4, -0.2) is 65.0 Å². The van der Waals surface area contributed by atoms with E-state index in [1.165, 1.54) is 28.7 Å². The van der Waals surface area contributed by atoms with Crippen molar-refractivity contribution < 1.29 is 28.7 Å². The van der Waals surface area contributed by atoms with Gasteiger partial charge >= 0.3 is 17.6 Å². The third-order valence-corrected chi connectivity index (χ3v) is 5.55. The molecule has 1 heterocycles. The molecule has 196 valence electrons. The number of rotatable bonds is 11. The van der Waals surface area contributed by atoms with Gasteiger partial charge in [-0.15, -0.1) is 0 Å². The number of primary amides is 1. The first-order chi connectivity index (χ1) is 17.6. The zero-order chi connectivity index (χ0) is 27.1. The van der Waals surface area contributed by atoms with Crippen LogP contribution in [0.2, 0.25) is 0 Å². The highest BCUT2D eigenvalue weighted by molar-refractivity contribution is 5.96. The zero-order valence-corrected chi connectivity index (χ0v) is 21.0. The number of imidazole rings is 1. The molecule has 0 aliphatic rings. The molecule has 0 atom stereocenters. The number of hydrogen-bond donors (Lipinski definition) is 2. The summed E-state index contributed by atoms with van der Waals surface area (Å²) < 4.78 is 11.5. The smallest absolute Gasteiger partial charge is 0.338 e. The predicted octanol–water partition coefficient (Wildman–Crippen LogP) is 1.49. The largest absolute Gasteiger partial charge is 0.465 e. The lowest BCUT2D eigenvalue weighted by Gasteiger charge is -2.23. The quantitative estimate of drug-likeness (QED) is 0.370. The Labute approximate surface area is 213 Å². The summed E-state index contributed by atoms with van der Waals surface area (Å²) in [4.78, 5) is 66.1. The second-order valence-corrected chi connectivity index (χ2v) is 8.92. The van der Waals surface area contributed by atoms with Crippen LogP contribution < -0.4 is 11.4 Å². The van der Waals surface area contributed by atoms with E-state index in [0.717, 1.165) is 0 Å². The van der Waals surface area contributed by atoms with Gasteiger partial charge in [-0.3, -0.25) is 14.2 Å². The average molecular weight is 511 g/mol. The molecule has 0 aliphatic heterocycles. The van der Waals surface area contributed by atoms with Crippen LogP contribution in [-0.2, 0) is 32.0 Å². The molecule has 1 aromatic heterocycles. The summed E-state index contributed by atoms with van der Waals surface area (Å²) in [6, 6.07) is 11.4. The van der Waals surface area contributed by atoms with E-state index in [9.17, 15) is 24.0 Å². The number of nitrogens with two attached hydrogens (primary N) is 1. The molecule has 0 saturated heterocycles. The molecule has 0 spiro atoms. The molecule has 37 heavy (non-hydrogen) atoms. The lowest BCUT2D eigenvalue weighted by atomic mass is 10.0. The minimum absolute atomic E-state index is 0.00711. The Kier molecular flexibility index (Phi) is 8.83. The van der Waals surface area contributed by atoms with Crippen LogP contribution in [0, 0.1) is 5.92 Å². The Balaban J connectivity index is 1.95. The first kappa shape index (κ1) is 27.2. The molecule has 2 amide bonds. The topological polar surface area (TPSA) is 154 Å². The second-order valence-electron chi connectivity index (χ2n) is 8.92. The number of esters is 2. The fourth-order valence-corrected chi connectivity index (χ4v) is 4.02. The fourth-order valence-electron chi connectivity index (χ4n) is 4.02. The number of carbonyl (C=O) groups is 4. The van der Waals surface area contributed by atoms with E-state index < -0.39 is 29.4 Å². The van der Waals surface area contributed by atoms with Crippen molar-refractivity contribution in [3.63, 3.8) is 0 Å². The van der Waals surface area contributed by atoms with E-state index in [0.29, 0.717) is 28.7 Å². The molecule has 0 radical (unpaired) electrons. The number of H-pyrrole nitrogens is 1. The average Bonchev–Trinajstić information content (AvgIpc) is 3.18. The molecule has 3 rings (SSSR count). The van der Waals surface area contributed by atoms with Crippen molar-refractivity contribution in [2.24, 2.45) is 11.7 Å². The van der Waals surface area contributed by atoms with Crippen molar-refractivity contribution >= 4 is 34.8 Å². The van der Waals surface area contributed by atoms with Gasteiger partial charge in [0.15, 0.2) is 0 Å². The minimum atomic E-state index is -0.652. The highest BCUT2D eigenvalue weighted by atomic mass is 16.5. The number of hydrogen-bond acceptors (Lipinski definition) is 7. The fraction of sp³-hybridized carbons (Fsp3) is 0.346. The molecule has 11 heteroatoms. The lowest BCUT2D eigenvalue weighted by molar-refractivity contribution is -0.135. The Morgan fingerprint density at radius 1 is 1.05 bits per heavy atom. The summed E-state index contributed by atoms with van der Waals surface area (Å²) in [5, 5.41) is 0. The van der Waals surface area contributed by atoms with E-state index >= 15 is 0 Å². The van der Waals surface area contributed by atoms with Crippen LogP contribution in [0.5, 0.6) is 0 Å². The Bertz CT molecular complexity index is 1360. The van der Waals surface area contributed by atoms with Crippen LogP contribution in [0.1, 0.15) is 40.1 Å². The number of methoxy groups -OCH3 is 1. The molecule has 0 unspecified atom stereocenters. The summed E-state index contributed by atoms with van der Waals surface area (Å²) in [5.74, 6) is -2.15. The number of benzene rings is 2. The predicted molar refractivity (Wildman–Crippen MR) is 135 cm³/mol. The number of fused-ring (bicyclic) bond motifs is 1. The van der Waals surface area contributed by atoms with E-state index in [1.807, 2.05) is 13.8 Å². The van der Waals surface area contributed by atoms with Crippen LogP contribution in [0.25, 0.3) is 11.0 Å². The van der Waals surface area contributed by atoms with Gasteiger partial charge in [0.25, 0.3) is 0 Å². The number of aromatic nitrogens is 2. The van der Waals surface area contributed by atoms with Crippen LogP contribution >= 0.6 is 0 Å². The molecular formula is C26H30N4O7. The molecule has 2 aromatic carbocycles. The molecule has 0 fully saturated rings. The number of amides is 2. The monoisotopic (exact) mass is 510 g/mol. The number of carbonyl (C=O) groups excluding carboxylic acids is 4. The van der Waals surface area contributed by atoms with Gasteiger partial charge in [-0.05, 0) is 35.7 Å². The molecule has 0 aliphatic carbocycles. The number of nitrogens with one attached hydrogen (secondary N) is 1.